The summed E-state index contributed by atoms with van der Waals surface area (Å²) in [5.41, 5.74) is 5.50. The summed E-state index contributed by atoms with van der Waals surface area (Å²) in [5.74, 6) is 1.26. The van der Waals surface area contributed by atoms with E-state index in [1.54, 1.807) is 22.8 Å². The molecule has 0 aliphatic carbocycles. The van der Waals surface area contributed by atoms with Crippen molar-refractivity contribution in [3.8, 4) is 0 Å². The number of fused-ring (bicyclic) bond motifs is 1. The maximum atomic E-state index is 12.1. The number of carbonyl (C=O) groups excluding carboxylic acids is 1. The minimum atomic E-state index is -0.379. The molecule has 25 heavy (non-hydrogen) atoms. The lowest BCUT2D eigenvalue weighted by Crippen LogP contribution is -2.13. The Hall–Kier alpha value is -2.39. The Morgan fingerprint density at radius 3 is 2.96 bits per heavy atom. The van der Waals surface area contributed by atoms with Crippen molar-refractivity contribution in [3.63, 3.8) is 0 Å². The van der Waals surface area contributed by atoms with Gasteiger partial charge in [0.25, 0.3) is 5.56 Å². The number of nitrogens with two attached hydrogens (primary N) is 1. The predicted molar refractivity (Wildman–Crippen MR) is 95.5 cm³/mol. The van der Waals surface area contributed by atoms with Crippen molar-refractivity contribution in [2.45, 2.75) is 23.8 Å². The van der Waals surface area contributed by atoms with Crippen molar-refractivity contribution < 1.29 is 4.79 Å². The van der Waals surface area contributed by atoms with Gasteiger partial charge in [-0.1, -0.05) is 23.4 Å². The molecule has 8 nitrogen and oxygen atoms in total. The van der Waals surface area contributed by atoms with Gasteiger partial charge in [-0.3, -0.25) is 9.59 Å². The van der Waals surface area contributed by atoms with Crippen molar-refractivity contribution >= 4 is 40.2 Å². The Kier molecular flexibility index (Phi) is 5.05. The Labute approximate surface area is 151 Å². The third-order valence-electron chi connectivity index (χ3n) is 3.57. The van der Waals surface area contributed by atoms with Crippen molar-refractivity contribution in [2.24, 2.45) is 12.8 Å². The molecule has 0 unspecified atom stereocenters. The second-order valence-electron chi connectivity index (χ2n) is 5.39. The van der Waals surface area contributed by atoms with E-state index in [9.17, 15) is 9.59 Å². The van der Waals surface area contributed by atoms with Crippen molar-refractivity contribution in [2.75, 3.05) is 0 Å². The average molecular weight is 379 g/mol. The molecule has 0 aliphatic heterocycles. The van der Waals surface area contributed by atoms with Crippen LogP contribution in [0.2, 0.25) is 5.02 Å². The summed E-state index contributed by atoms with van der Waals surface area (Å²) in [6.07, 6.45) is 0.657. The highest BCUT2D eigenvalue weighted by Gasteiger charge is 2.12. The molecule has 10 heteroatoms. The van der Waals surface area contributed by atoms with Gasteiger partial charge in [-0.25, -0.2) is 4.98 Å². The Bertz CT molecular complexity index is 999. The second-order valence-corrected chi connectivity index (χ2v) is 6.77. The van der Waals surface area contributed by atoms with Gasteiger partial charge in [-0.05, 0) is 18.2 Å². The van der Waals surface area contributed by atoms with Gasteiger partial charge >= 0.3 is 0 Å². The number of thioether (sulfide) groups is 1. The molecule has 0 fully saturated rings. The molecular weight excluding hydrogens is 364 g/mol. The number of nitrogens with zero attached hydrogens (tertiary/aromatic N) is 4. The van der Waals surface area contributed by atoms with Crippen LogP contribution in [0.25, 0.3) is 10.9 Å². The quantitative estimate of drug-likeness (QED) is 0.626. The van der Waals surface area contributed by atoms with E-state index < -0.39 is 0 Å². The second kappa shape index (κ2) is 7.24. The van der Waals surface area contributed by atoms with E-state index in [0.717, 1.165) is 0 Å². The van der Waals surface area contributed by atoms with Crippen molar-refractivity contribution in [3.05, 3.63) is 45.2 Å². The fourth-order valence-corrected chi connectivity index (χ4v) is 3.26. The topological polar surface area (TPSA) is 120 Å². The zero-order chi connectivity index (χ0) is 18.0. The molecule has 0 atom stereocenters. The lowest BCUT2D eigenvalue weighted by Gasteiger charge is -2.04. The largest absolute Gasteiger partial charge is 0.370 e. The number of H-pyrrole nitrogens is 1. The molecule has 2 heterocycles. The van der Waals surface area contributed by atoms with Crippen LogP contribution in [0.3, 0.4) is 0 Å². The number of primary amides is 1. The molecule has 0 spiro atoms. The van der Waals surface area contributed by atoms with Gasteiger partial charge in [-0.2, -0.15) is 0 Å². The number of rotatable bonds is 6. The SMILES string of the molecule is Cn1c(CCC(N)=O)nnc1SCc1nc2ccc(Cl)cc2c(=O)[nH]1. The van der Waals surface area contributed by atoms with Gasteiger partial charge in [0.2, 0.25) is 5.91 Å². The van der Waals surface area contributed by atoms with Crippen LogP contribution in [0, 0.1) is 0 Å². The maximum Gasteiger partial charge on any atom is 0.258 e. The first-order valence-electron chi connectivity index (χ1n) is 7.42. The molecule has 3 rings (SSSR count). The standard InChI is InChI=1S/C15H15ClN6O2S/c1-22-13(5-4-11(17)23)20-21-15(22)25-7-12-18-10-3-2-8(16)6-9(10)14(24)19-12/h2-3,6H,4-5,7H2,1H3,(H2,17,23)(H,18,19,24). The number of aromatic amines is 1. The fraction of sp³-hybridized carbons (Fsp3) is 0.267. The fourth-order valence-electron chi connectivity index (χ4n) is 2.28. The molecule has 3 aromatic rings. The zero-order valence-corrected chi connectivity index (χ0v) is 14.9. The normalized spacial score (nSPS) is 11.1. The van der Waals surface area contributed by atoms with Gasteiger partial charge in [0.1, 0.15) is 11.6 Å². The van der Waals surface area contributed by atoms with Crippen LogP contribution in [0.1, 0.15) is 18.1 Å². The highest BCUT2D eigenvalue weighted by atomic mass is 35.5. The highest BCUT2D eigenvalue weighted by molar-refractivity contribution is 7.98. The first-order valence-corrected chi connectivity index (χ1v) is 8.78. The summed E-state index contributed by atoms with van der Waals surface area (Å²) in [6.45, 7) is 0. The first-order chi connectivity index (χ1) is 11.9. The molecule has 3 N–H and O–H groups in total. The van der Waals surface area contributed by atoms with E-state index in [2.05, 4.69) is 20.2 Å². The van der Waals surface area contributed by atoms with Crippen LogP contribution in [0.15, 0.2) is 28.2 Å². The number of hydrogen-bond donors (Lipinski definition) is 2. The van der Waals surface area contributed by atoms with Crippen LogP contribution in [0.5, 0.6) is 0 Å². The van der Waals surface area contributed by atoms with Crippen LogP contribution < -0.4 is 11.3 Å². The average Bonchev–Trinajstić information content (AvgIpc) is 2.92. The smallest absolute Gasteiger partial charge is 0.258 e. The number of aromatic nitrogens is 5. The minimum absolute atomic E-state index is 0.221. The number of hydrogen-bond acceptors (Lipinski definition) is 6. The summed E-state index contributed by atoms with van der Waals surface area (Å²) in [4.78, 5) is 30.2. The van der Waals surface area contributed by atoms with Crippen molar-refractivity contribution in [1.29, 1.82) is 0 Å². The zero-order valence-electron chi connectivity index (χ0n) is 13.3. The summed E-state index contributed by atoms with van der Waals surface area (Å²) < 4.78 is 1.80. The molecule has 0 saturated heterocycles. The van der Waals surface area contributed by atoms with E-state index in [1.165, 1.54) is 11.8 Å². The summed E-state index contributed by atoms with van der Waals surface area (Å²) in [7, 11) is 1.82. The number of carbonyl (C=O) groups is 1. The van der Waals surface area contributed by atoms with E-state index >= 15 is 0 Å². The highest BCUT2D eigenvalue weighted by Crippen LogP contribution is 2.21. The molecule has 1 aromatic carbocycles. The summed E-state index contributed by atoms with van der Waals surface area (Å²) >= 11 is 7.30. The van der Waals surface area contributed by atoms with E-state index in [4.69, 9.17) is 17.3 Å². The third-order valence-corrected chi connectivity index (χ3v) is 4.84. The summed E-state index contributed by atoms with van der Waals surface area (Å²) in [6, 6.07) is 5.00. The third kappa shape index (κ3) is 3.99. The predicted octanol–water partition coefficient (Wildman–Crippen LogP) is 1.42. The number of aryl methyl sites for hydroxylation is 1. The lowest BCUT2D eigenvalue weighted by molar-refractivity contribution is -0.118. The van der Waals surface area contributed by atoms with E-state index in [1.807, 2.05) is 7.05 Å². The van der Waals surface area contributed by atoms with Crippen LogP contribution in [-0.4, -0.2) is 30.6 Å². The molecule has 0 aliphatic rings. The molecular formula is C15H15ClN6O2S. The molecule has 130 valence electrons. The molecule has 0 bridgehead atoms. The van der Waals surface area contributed by atoms with Crippen LogP contribution >= 0.6 is 23.4 Å². The number of nitrogens with one attached hydrogen (secondary N) is 1. The van der Waals surface area contributed by atoms with Crippen molar-refractivity contribution in [1.82, 2.24) is 24.7 Å². The Morgan fingerprint density at radius 2 is 2.20 bits per heavy atom. The first kappa shape index (κ1) is 17.4. The van der Waals surface area contributed by atoms with Gasteiger partial charge in [0.15, 0.2) is 5.16 Å². The number of amides is 1. The maximum absolute atomic E-state index is 12.1. The molecule has 1 amide bonds. The van der Waals surface area contributed by atoms with Gasteiger partial charge in [0, 0.05) is 24.9 Å². The molecule has 2 aromatic heterocycles. The lowest BCUT2D eigenvalue weighted by atomic mass is 10.2. The Morgan fingerprint density at radius 1 is 1.40 bits per heavy atom. The van der Waals surface area contributed by atoms with Gasteiger partial charge in [0.05, 0.1) is 16.7 Å². The van der Waals surface area contributed by atoms with E-state index in [0.29, 0.717) is 44.9 Å². The molecule has 0 saturated carbocycles. The number of halogens is 1. The summed E-state index contributed by atoms with van der Waals surface area (Å²) in [5, 5.41) is 9.75. The van der Waals surface area contributed by atoms with Gasteiger partial charge in [-0.15, -0.1) is 10.2 Å². The molecule has 0 radical (unpaired) electrons. The Balaban J connectivity index is 1.76. The monoisotopic (exact) mass is 378 g/mol. The minimum Gasteiger partial charge on any atom is -0.370 e. The van der Waals surface area contributed by atoms with Crippen LogP contribution in [-0.2, 0) is 24.0 Å². The van der Waals surface area contributed by atoms with Crippen LogP contribution in [0.4, 0.5) is 0 Å². The number of benzene rings is 1. The van der Waals surface area contributed by atoms with Gasteiger partial charge < -0.3 is 15.3 Å². The van der Waals surface area contributed by atoms with E-state index in [-0.39, 0.29) is 17.9 Å².